The summed E-state index contributed by atoms with van der Waals surface area (Å²) in [5.41, 5.74) is 9.88. The number of nitrogens with zero attached hydrogens (tertiary/aromatic N) is 1. The predicted octanol–water partition coefficient (Wildman–Crippen LogP) is 2.62. The molecule has 0 radical (unpaired) electrons. The maximum Gasteiger partial charge on any atom is 0.0236 e. The molecule has 1 aromatic rings. The van der Waals surface area contributed by atoms with Gasteiger partial charge in [-0.15, -0.1) is 0 Å². The Hall–Kier alpha value is -0.860. The highest BCUT2D eigenvalue weighted by Crippen LogP contribution is 2.22. The lowest BCUT2D eigenvalue weighted by molar-refractivity contribution is 0.237. The van der Waals surface area contributed by atoms with Gasteiger partial charge in [0.25, 0.3) is 0 Å². The second-order valence-corrected chi connectivity index (χ2v) is 5.34. The fourth-order valence-corrected chi connectivity index (χ4v) is 3.02. The molecule has 1 fully saturated rings. The third-order valence-corrected chi connectivity index (χ3v) is 3.67. The molecular formula is C15H24N2. The highest BCUT2D eigenvalue weighted by molar-refractivity contribution is 5.28. The van der Waals surface area contributed by atoms with E-state index in [1.807, 2.05) is 0 Å². The zero-order valence-corrected chi connectivity index (χ0v) is 11.1. The van der Waals surface area contributed by atoms with E-state index < -0.39 is 0 Å². The molecule has 0 saturated carbocycles. The molecule has 0 aromatic heterocycles. The lowest BCUT2D eigenvalue weighted by Crippen LogP contribution is -2.30. The average Bonchev–Trinajstić information content (AvgIpc) is 2.65. The second-order valence-electron chi connectivity index (χ2n) is 5.34. The summed E-state index contributed by atoms with van der Waals surface area (Å²) in [6, 6.07) is 7.57. The van der Waals surface area contributed by atoms with E-state index in [2.05, 4.69) is 36.9 Å². The fourth-order valence-electron chi connectivity index (χ4n) is 3.02. The molecule has 1 aromatic carbocycles. The van der Waals surface area contributed by atoms with E-state index in [-0.39, 0.29) is 0 Å². The van der Waals surface area contributed by atoms with E-state index in [0.717, 1.165) is 19.5 Å². The van der Waals surface area contributed by atoms with Crippen LogP contribution in [0.25, 0.3) is 0 Å². The first-order chi connectivity index (χ1) is 8.19. The van der Waals surface area contributed by atoms with Crippen LogP contribution in [0.3, 0.4) is 0 Å². The number of hydrogen-bond donors (Lipinski definition) is 1. The molecule has 2 N–H and O–H groups in total. The van der Waals surface area contributed by atoms with Gasteiger partial charge in [0.1, 0.15) is 0 Å². The van der Waals surface area contributed by atoms with Crippen LogP contribution in [-0.4, -0.2) is 24.0 Å². The quantitative estimate of drug-likeness (QED) is 0.864. The molecule has 0 aliphatic carbocycles. The van der Waals surface area contributed by atoms with Crippen molar-refractivity contribution in [1.29, 1.82) is 0 Å². The van der Waals surface area contributed by atoms with Crippen LogP contribution < -0.4 is 5.73 Å². The van der Waals surface area contributed by atoms with Gasteiger partial charge in [-0.25, -0.2) is 0 Å². The van der Waals surface area contributed by atoms with Crippen LogP contribution in [0.4, 0.5) is 0 Å². The van der Waals surface area contributed by atoms with Crippen molar-refractivity contribution >= 4 is 0 Å². The number of rotatable bonds is 4. The molecule has 2 nitrogen and oxygen atoms in total. The maximum atomic E-state index is 5.69. The molecule has 2 heteroatoms. The standard InChI is InChI=1S/C15H24N2/c1-12-8-13(2)10-14(9-12)11-17-7-3-4-15(17)5-6-16/h8-10,15H,3-7,11,16H2,1-2H3. The number of likely N-dealkylation sites (tertiary alicyclic amines) is 1. The van der Waals surface area contributed by atoms with Gasteiger partial charge in [0, 0.05) is 12.6 Å². The zero-order valence-electron chi connectivity index (χ0n) is 11.1. The SMILES string of the molecule is Cc1cc(C)cc(CN2CCCC2CCN)c1. The van der Waals surface area contributed by atoms with Crippen molar-refractivity contribution in [3.05, 3.63) is 34.9 Å². The van der Waals surface area contributed by atoms with Crippen molar-refractivity contribution in [3.63, 3.8) is 0 Å². The Labute approximate surface area is 105 Å². The van der Waals surface area contributed by atoms with Crippen molar-refractivity contribution < 1.29 is 0 Å². The lowest BCUT2D eigenvalue weighted by atomic mass is 10.1. The van der Waals surface area contributed by atoms with Crippen molar-refractivity contribution in [1.82, 2.24) is 4.90 Å². The molecule has 2 rings (SSSR count). The molecule has 1 atom stereocenters. The van der Waals surface area contributed by atoms with Gasteiger partial charge in [-0.3, -0.25) is 4.90 Å². The van der Waals surface area contributed by atoms with Crippen LogP contribution in [0.15, 0.2) is 18.2 Å². The molecule has 1 unspecified atom stereocenters. The third-order valence-electron chi connectivity index (χ3n) is 3.67. The molecule has 0 bridgehead atoms. The molecular weight excluding hydrogens is 208 g/mol. The summed E-state index contributed by atoms with van der Waals surface area (Å²) in [6.45, 7) is 7.49. The van der Waals surface area contributed by atoms with Gasteiger partial charge in [0.15, 0.2) is 0 Å². The summed E-state index contributed by atoms with van der Waals surface area (Å²) < 4.78 is 0. The Morgan fingerprint density at radius 2 is 1.94 bits per heavy atom. The smallest absolute Gasteiger partial charge is 0.0236 e. The van der Waals surface area contributed by atoms with E-state index in [1.54, 1.807) is 0 Å². The Balaban J connectivity index is 2.04. The molecule has 1 saturated heterocycles. The first-order valence-electron chi connectivity index (χ1n) is 6.70. The predicted molar refractivity (Wildman–Crippen MR) is 73.0 cm³/mol. The van der Waals surface area contributed by atoms with Gasteiger partial charge in [-0.05, 0) is 51.8 Å². The lowest BCUT2D eigenvalue weighted by Gasteiger charge is -2.24. The molecule has 0 amide bonds. The molecule has 1 aliphatic heterocycles. The van der Waals surface area contributed by atoms with Crippen LogP contribution in [0.1, 0.15) is 36.0 Å². The first kappa shape index (κ1) is 12.6. The molecule has 17 heavy (non-hydrogen) atoms. The van der Waals surface area contributed by atoms with Gasteiger partial charge >= 0.3 is 0 Å². The molecule has 94 valence electrons. The van der Waals surface area contributed by atoms with Crippen molar-refractivity contribution in [2.75, 3.05) is 13.1 Å². The zero-order chi connectivity index (χ0) is 12.3. The van der Waals surface area contributed by atoms with Crippen LogP contribution >= 0.6 is 0 Å². The summed E-state index contributed by atoms with van der Waals surface area (Å²) in [5, 5.41) is 0. The number of nitrogens with two attached hydrogens (primary N) is 1. The van der Waals surface area contributed by atoms with Gasteiger partial charge in [0.05, 0.1) is 0 Å². The minimum absolute atomic E-state index is 0.709. The number of benzene rings is 1. The second kappa shape index (κ2) is 5.65. The van der Waals surface area contributed by atoms with Gasteiger partial charge in [0.2, 0.25) is 0 Å². The van der Waals surface area contributed by atoms with E-state index in [4.69, 9.17) is 5.73 Å². The number of hydrogen-bond acceptors (Lipinski definition) is 2. The fraction of sp³-hybridized carbons (Fsp3) is 0.600. The monoisotopic (exact) mass is 232 g/mol. The summed E-state index contributed by atoms with van der Waals surface area (Å²) in [5.74, 6) is 0. The maximum absolute atomic E-state index is 5.69. The Kier molecular flexibility index (Phi) is 4.19. The molecule has 1 aliphatic rings. The Bertz CT molecular complexity index is 353. The summed E-state index contributed by atoms with van der Waals surface area (Å²) in [7, 11) is 0. The van der Waals surface area contributed by atoms with Crippen LogP contribution in [-0.2, 0) is 6.54 Å². The largest absolute Gasteiger partial charge is 0.330 e. The Morgan fingerprint density at radius 3 is 2.59 bits per heavy atom. The average molecular weight is 232 g/mol. The van der Waals surface area contributed by atoms with E-state index in [9.17, 15) is 0 Å². The normalized spacial score (nSPS) is 21.0. The summed E-state index contributed by atoms with van der Waals surface area (Å²) in [4.78, 5) is 2.60. The van der Waals surface area contributed by atoms with Crippen LogP contribution in [0.5, 0.6) is 0 Å². The van der Waals surface area contributed by atoms with E-state index in [1.165, 1.54) is 36.1 Å². The first-order valence-corrected chi connectivity index (χ1v) is 6.70. The summed E-state index contributed by atoms with van der Waals surface area (Å²) >= 11 is 0. The summed E-state index contributed by atoms with van der Waals surface area (Å²) in [6.07, 6.45) is 3.79. The molecule has 1 heterocycles. The molecule has 0 spiro atoms. The van der Waals surface area contributed by atoms with Gasteiger partial charge in [-0.1, -0.05) is 29.3 Å². The topological polar surface area (TPSA) is 29.3 Å². The van der Waals surface area contributed by atoms with Crippen molar-refractivity contribution in [2.24, 2.45) is 5.73 Å². The van der Waals surface area contributed by atoms with Crippen molar-refractivity contribution in [3.8, 4) is 0 Å². The van der Waals surface area contributed by atoms with Gasteiger partial charge in [-0.2, -0.15) is 0 Å². The minimum atomic E-state index is 0.709. The third kappa shape index (κ3) is 3.30. The van der Waals surface area contributed by atoms with E-state index in [0.29, 0.717) is 6.04 Å². The van der Waals surface area contributed by atoms with Crippen LogP contribution in [0.2, 0.25) is 0 Å². The highest BCUT2D eigenvalue weighted by atomic mass is 15.2. The minimum Gasteiger partial charge on any atom is -0.330 e. The van der Waals surface area contributed by atoms with Crippen LogP contribution in [0, 0.1) is 13.8 Å². The van der Waals surface area contributed by atoms with E-state index >= 15 is 0 Å². The number of aryl methyl sites for hydroxylation is 2. The van der Waals surface area contributed by atoms with Gasteiger partial charge < -0.3 is 5.73 Å². The van der Waals surface area contributed by atoms with Crippen molar-refractivity contribution in [2.45, 2.75) is 45.7 Å². The highest BCUT2D eigenvalue weighted by Gasteiger charge is 2.23. The Morgan fingerprint density at radius 1 is 1.24 bits per heavy atom.